The van der Waals surface area contributed by atoms with Crippen molar-refractivity contribution in [2.75, 3.05) is 26.7 Å². The summed E-state index contributed by atoms with van der Waals surface area (Å²) in [5, 5.41) is 0. The van der Waals surface area contributed by atoms with Crippen molar-refractivity contribution in [2.45, 2.75) is 13.8 Å². The van der Waals surface area contributed by atoms with Gasteiger partial charge in [-0.05, 0) is 37.4 Å². The van der Waals surface area contributed by atoms with E-state index in [1.54, 1.807) is 12.1 Å². The lowest BCUT2D eigenvalue weighted by Crippen LogP contribution is -2.22. The molecule has 0 radical (unpaired) electrons. The first-order chi connectivity index (χ1) is 8.71. The van der Waals surface area contributed by atoms with Gasteiger partial charge in [0.15, 0.2) is 0 Å². The molecule has 0 bridgehead atoms. The van der Waals surface area contributed by atoms with Crippen LogP contribution in [-0.4, -0.2) is 37.6 Å². The van der Waals surface area contributed by atoms with Gasteiger partial charge in [-0.2, -0.15) is 0 Å². The second kappa shape index (κ2) is 7.52. The predicted octanol–water partition coefficient (Wildman–Crippen LogP) is 2.17. The molecule has 0 saturated heterocycles. The minimum Gasteiger partial charge on any atom is -0.465 e. The molecular weight excluding hydrogens is 226 g/mol. The SMILES string of the molecule is CCN(CC)CC#Cc1ccc(C(=O)OC)cc1. The monoisotopic (exact) mass is 245 g/mol. The number of carbonyl (C=O) groups is 1. The maximum Gasteiger partial charge on any atom is 0.337 e. The largest absolute Gasteiger partial charge is 0.465 e. The highest BCUT2D eigenvalue weighted by Crippen LogP contribution is 2.04. The van der Waals surface area contributed by atoms with Gasteiger partial charge in [0, 0.05) is 5.56 Å². The molecule has 3 nitrogen and oxygen atoms in total. The molecule has 1 aromatic carbocycles. The Balaban J connectivity index is 2.64. The Morgan fingerprint density at radius 3 is 2.33 bits per heavy atom. The highest BCUT2D eigenvalue weighted by atomic mass is 16.5. The Morgan fingerprint density at radius 2 is 1.83 bits per heavy atom. The van der Waals surface area contributed by atoms with Gasteiger partial charge in [-0.15, -0.1) is 0 Å². The van der Waals surface area contributed by atoms with E-state index in [0.29, 0.717) is 5.56 Å². The van der Waals surface area contributed by atoms with E-state index in [1.807, 2.05) is 12.1 Å². The molecule has 0 heterocycles. The second-order valence-electron chi connectivity index (χ2n) is 3.83. The molecule has 0 aliphatic carbocycles. The van der Waals surface area contributed by atoms with Gasteiger partial charge in [-0.1, -0.05) is 25.7 Å². The lowest BCUT2D eigenvalue weighted by molar-refractivity contribution is 0.0601. The molecule has 0 N–H and O–H groups in total. The van der Waals surface area contributed by atoms with Crippen molar-refractivity contribution < 1.29 is 9.53 Å². The third-order valence-corrected chi connectivity index (χ3v) is 2.74. The molecule has 0 aliphatic heterocycles. The summed E-state index contributed by atoms with van der Waals surface area (Å²) in [6.45, 7) is 7.03. The molecule has 1 aromatic rings. The van der Waals surface area contributed by atoms with E-state index < -0.39 is 0 Å². The van der Waals surface area contributed by atoms with E-state index in [1.165, 1.54) is 7.11 Å². The van der Waals surface area contributed by atoms with Crippen LogP contribution in [0.5, 0.6) is 0 Å². The molecule has 0 fully saturated rings. The van der Waals surface area contributed by atoms with Gasteiger partial charge in [0.25, 0.3) is 0 Å². The number of nitrogens with zero attached hydrogens (tertiary/aromatic N) is 1. The minimum absolute atomic E-state index is 0.322. The number of benzene rings is 1. The minimum atomic E-state index is -0.322. The summed E-state index contributed by atoms with van der Waals surface area (Å²) in [6, 6.07) is 7.13. The molecule has 1 rings (SSSR count). The highest BCUT2D eigenvalue weighted by Gasteiger charge is 2.03. The molecule has 0 aliphatic rings. The van der Waals surface area contributed by atoms with Gasteiger partial charge < -0.3 is 4.74 Å². The predicted molar refractivity (Wildman–Crippen MR) is 72.4 cm³/mol. The Labute approximate surface area is 109 Å². The van der Waals surface area contributed by atoms with Crippen LogP contribution in [0.15, 0.2) is 24.3 Å². The molecular formula is C15H19NO2. The quantitative estimate of drug-likeness (QED) is 0.601. The van der Waals surface area contributed by atoms with E-state index in [4.69, 9.17) is 0 Å². The number of methoxy groups -OCH3 is 1. The molecule has 0 aromatic heterocycles. The highest BCUT2D eigenvalue weighted by molar-refractivity contribution is 5.89. The zero-order valence-electron chi connectivity index (χ0n) is 11.2. The third kappa shape index (κ3) is 4.23. The van der Waals surface area contributed by atoms with Gasteiger partial charge in [-0.25, -0.2) is 4.79 Å². The summed E-state index contributed by atoms with van der Waals surface area (Å²) in [7, 11) is 1.38. The number of hydrogen-bond donors (Lipinski definition) is 0. The fraction of sp³-hybridized carbons (Fsp3) is 0.400. The zero-order chi connectivity index (χ0) is 13.4. The summed E-state index contributed by atoms with van der Waals surface area (Å²) in [4.78, 5) is 13.5. The Hall–Kier alpha value is -1.79. The van der Waals surface area contributed by atoms with Gasteiger partial charge in [0.2, 0.25) is 0 Å². The van der Waals surface area contributed by atoms with Crippen molar-refractivity contribution in [3.05, 3.63) is 35.4 Å². The smallest absolute Gasteiger partial charge is 0.337 e. The second-order valence-corrected chi connectivity index (χ2v) is 3.83. The average molecular weight is 245 g/mol. The van der Waals surface area contributed by atoms with Crippen LogP contribution in [0.3, 0.4) is 0 Å². The van der Waals surface area contributed by atoms with Gasteiger partial charge in [-0.3, -0.25) is 4.90 Å². The lowest BCUT2D eigenvalue weighted by atomic mass is 10.1. The fourth-order valence-electron chi connectivity index (χ4n) is 1.51. The number of esters is 1. The lowest BCUT2D eigenvalue weighted by Gasteiger charge is -2.13. The van der Waals surface area contributed by atoms with Crippen LogP contribution in [0.2, 0.25) is 0 Å². The molecule has 0 spiro atoms. The van der Waals surface area contributed by atoms with Crippen LogP contribution in [0.1, 0.15) is 29.8 Å². The van der Waals surface area contributed by atoms with Crippen LogP contribution < -0.4 is 0 Å². The number of carbonyl (C=O) groups excluding carboxylic acids is 1. The molecule has 0 unspecified atom stereocenters. The van der Waals surface area contributed by atoms with Crippen molar-refractivity contribution in [1.82, 2.24) is 4.90 Å². The summed E-state index contributed by atoms with van der Waals surface area (Å²) in [5.41, 5.74) is 1.46. The molecule has 18 heavy (non-hydrogen) atoms. The molecule has 0 saturated carbocycles. The van der Waals surface area contributed by atoms with Crippen LogP contribution in [0.4, 0.5) is 0 Å². The van der Waals surface area contributed by atoms with E-state index in [-0.39, 0.29) is 5.97 Å². The maximum absolute atomic E-state index is 11.2. The van der Waals surface area contributed by atoms with E-state index in [9.17, 15) is 4.79 Å². The Kier molecular flexibility index (Phi) is 5.96. The van der Waals surface area contributed by atoms with Crippen LogP contribution in [-0.2, 0) is 4.74 Å². The molecule has 0 atom stereocenters. The first-order valence-electron chi connectivity index (χ1n) is 6.10. The number of hydrogen-bond acceptors (Lipinski definition) is 3. The van der Waals surface area contributed by atoms with Crippen LogP contribution in [0.25, 0.3) is 0 Å². The topological polar surface area (TPSA) is 29.5 Å². The number of ether oxygens (including phenoxy) is 1. The van der Waals surface area contributed by atoms with Crippen molar-refractivity contribution in [2.24, 2.45) is 0 Å². The third-order valence-electron chi connectivity index (χ3n) is 2.74. The maximum atomic E-state index is 11.2. The first kappa shape index (κ1) is 14.3. The van der Waals surface area contributed by atoms with Crippen LogP contribution in [0, 0.1) is 11.8 Å². The van der Waals surface area contributed by atoms with Gasteiger partial charge in [0.1, 0.15) is 0 Å². The Morgan fingerprint density at radius 1 is 1.22 bits per heavy atom. The summed E-state index contributed by atoms with van der Waals surface area (Å²) in [5.74, 6) is 5.89. The Bertz CT molecular complexity index is 436. The van der Waals surface area contributed by atoms with Crippen molar-refractivity contribution in [3.63, 3.8) is 0 Å². The van der Waals surface area contributed by atoms with Crippen molar-refractivity contribution in [3.8, 4) is 11.8 Å². The molecule has 0 amide bonds. The van der Waals surface area contributed by atoms with Crippen molar-refractivity contribution in [1.29, 1.82) is 0 Å². The normalized spacial score (nSPS) is 9.78. The molecule has 3 heteroatoms. The van der Waals surface area contributed by atoms with E-state index in [0.717, 1.165) is 25.2 Å². The molecule has 96 valence electrons. The zero-order valence-corrected chi connectivity index (χ0v) is 11.2. The number of rotatable bonds is 4. The average Bonchev–Trinajstić information content (AvgIpc) is 2.43. The van der Waals surface area contributed by atoms with Gasteiger partial charge >= 0.3 is 5.97 Å². The first-order valence-corrected chi connectivity index (χ1v) is 6.10. The fourth-order valence-corrected chi connectivity index (χ4v) is 1.51. The summed E-state index contributed by atoms with van der Waals surface area (Å²) in [6.07, 6.45) is 0. The summed E-state index contributed by atoms with van der Waals surface area (Å²) < 4.78 is 4.64. The van der Waals surface area contributed by atoms with E-state index >= 15 is 0 Å². The summed E-state index contributed by atoms with van der Waals surface area (Å²) >= 11 is 0. The van der Waals surface area contributed by atoms with Crippen LogP contribution >= 0.6 is 0 Å². The van der Waals surface area contributed by atoms with Gasteiger partial charge in [0.05, 0.1) is 19.2 Å². The van der Waals surface area contributed by atoms with Crippen molar-refractivity contribution >= 4 is 5.97 Å². The standard InChI is InChI=1S/C15H19NO2/c1-4-16(5-2)12-6-7-13-8-10-14(11-9-13)15(17)18-3/h8-11H,4-5,12H2,1-3H3. The van der Waals surface area contributed by atoms with E-state index in [2.05, 4.69) is 35.3 Å².